The van der Waals surface area contributed by atoms with Crippen LogP contribution in [-0.4, -0.2) is 33.9 Å². The van der Waals surface area contributed by atoms with E-state index >= 15 is 0 Å². The van der Waals surface area contributed by atoms with Crippen molar-refractivity contribution in [3.05, 3.63) is 93.5 Å². The van der Waals surface area contributed by atoms with Gasteiger partial charge in [-0.2, -0.15) is 0 Å². The van der Waals surface area contributed by atoms with Crippen molar-refractivity contribution in [3.63, 3.8) is 0 Å². The summed E-state index contributed by atoms with van der Waals surface area (Å²) in [4.78, 5) is 19.1. The smallest absolute Gasteiger partial charge is 0.303 e. The van der Waals surface area contributed by atoms with Gasteiger partial charge in [0.2, 0.25) is 0 Å². The fourth-order valence-electron chi connectivity index (χ4n) is 3.85. The number of nitrogens with zero attached hydrogens (tertiary/aromatic N) is 1. The first-order valence-corrected chi connectivity index (χ1v) is 11.4. The third-order valence-electron chi connectivity index (χ3n) is 5.34. The Balaban J connectivity index is 1.89. The van der Waals surface area contributed by atoms with Crippen molar-refractivity contribution in [1.29, 1.82) is 0 Å². The van der Waals surface area contributed by atoms with E-state index in [1.54, 1.807) is 0 Å². The van der Waals surface area contributed by atoms with Crippen LogP contribution < -0.4 is 5.32 Å². The highest BCUT2D eigenvalue weighted by Crippen LogP contribution is 2.33. The zero-order valence-electron chi connectivity index (χ0n) is 18.1. The highest BCUT2D eigenvalue weighted by molar-refractivity contribution is 9.10. The number of aromatic nitrogens is 1. The average Bonchev–Trinajstić information content (AvgIpc) is 3.11. The Morgan fingerprint density at radius 1 is 1.06 bits per heavy atom. The first-order chi connectivity index (χ1) is 15.9. The number of H-pyrrole nitrogens is 1. The average molecular weight is 506 g/mol. The number of carboxylic acid groups (broad SMARTS) is 1. The fourth-order valence-corrected chi connectivity index (χ4v) is 4.22. The second kappa shape index (κ2) is 10.0. The van der Waals surface area contributed by atoms with E-state index in [4.69, 9.17) is 10.1 Å². The zero-order valence-corrected chi connectivity index (χ0v) is 19.7. The topological polar surface area (TPSA) is 97.7 Å². The predicted molar refractivity (Wildman–Crippen MR) is 135 cm³/mol. The number of aromatic hydroxyl groups is 1. The molecule has 0 aliphatic heterocycles. The standard InChI is InChI=1S/C26H24BrN3O3/c1-28-15-17-5-3-7-20(13-17)29-25(18-6-2-4-16(12-18)8-11-23(31)32)24-21-10-9-19(27)14-22(21)30-26(24)33/h2-7,9-10,12-14,28,30,33H,8,11,15H2,1H3,(H,31,32). The molecule has 0 unspecified atom stereocenters. The van der Waals surface area contributed by atoms with Gasteiger partial charge in [-0.3, -0.25) is 4.79 Å². The number of aliphatic imine (C=N–C) groups is 1. The van der Waals surface area contributed by atoms with E-state index < -0.39 is 5.97 Å². The van der Waals surface area contributed by atoms with Crippen molar-refractivity contribution in [2.45, 2.75) is 19.4 Å². The number of fused-ring (bicyclic) bond motifs is 1. The monoisotopic (exact) mass is 505 g/mol. The lowest BCUT2D eigenvalue weighted by Crippen LogP contribution is -2.06. The van der Waals surface area contributed by atoms with Gasteiger partial charge in [0, 0.05) is 28.4 Å². The molecule has 0 radical (unpaired) electrons. The quantitative estimate of drug-likeness (QED) is 0.236. The number of carboxylic acids is 1. The molecule has 4 N–H and O–H groups in total. The predicted octanol–water partition coefficient (Wildman–Crippen LogP) is 5.54. The third kappa shape index (κ3) is 5.32. The number of rotatable bonds is 8. The Morgan fingerprint density at radius 3 is 2.64 bits per heavy atom. The fraction of sp³-hybridized carbons (Fsp3) is 0.154. The van der Waals surface area contributed by atoms with Gasteiger partial charge in [0.15, 0.2) is 5.88 Å². The first-order valence-electron chi connectivity index (χ1n) is 10.6. The number of hydrogen-bond acceptors (Lipinski definition) is 4. The van der Waals surface area contributed by atoms with Crippen molar-refractivity contribution in [3.8, 4) is 5.88 Å². The van der Waals surface area contributed by atoms with E-state index in [1.807, 2.05) is 73.8 Å². The van der Waals surface area contributed by atoms with E-state index in [9.17, 15) is 9.90 Å². The normalized spacial score (nSPS) is 11.8. The van der Waals surface area contributed by atoms with E-state index in [1.165, 1.54) is 0 Å². The highest BCUT2D eigenvalue weighted by Gasteiger charge is 2.19. The van der Waals surface area contributed by atoms with Crippen LogP contribution in [0, 0.1) is 0 Å². The van der Waals surface area contributed by atoms with Gasteiger partial charge in [-0.05, 0) is 54.9 Å². The minimum atomic E-state index is -0.838. The van der Waals surface area contributed by atoms with Crippen LogP contribution in [0.3, 0.4) is 0 Å². The molecule has 0 saturated heterocycles. The lowest BCUT2D eigenvalue weighted by molar-refractivity contribution is -0.136. The summed E-state index contributed by atoms with van der Waals surface area (Å²) in [5, 5.41) is 23.9. The second-order valence-electron chi connectivity index (χ2n) is 7.79. The lowest BCUT2D eigenvalue weighted by Gasteiger charge is -2.10. The molecular weight excluding hydrogens is 482 g/mol. The molecule has 33 heavy (non-hydrogen) atoms. The van der Waals surface area contributed by atoms with Crippen LogP contribution in [0.5, 0.6) is 5.88 Å². The molecule has 0 fully saturated rings. The summed E-state index contributed by atoms with van der Waals surface area (Å²) >= 11 is 3.48. The van der Waals surface area contributed by atoms with Crippen LogP contribution in [0.25, 0.3) is 10.9 Å². The molecule has 3 aromatic carbocycles. The molecular formula is C26H24BrN3O3. The van der Waals surface area contributed by atoms with Gasteiger partial charge >= 0.3 is 5.97 Å². The molecule has 1 aromatic heterocycles. The van der Waals surface area contributed by atoms with Gasteiger partial charge in [-0.1, -0.05) is 52.3 Å². The summed E-state index contributed by atoms with van der Waals surface area (Å²) in [7, 11) is 1.89. The van der Waals surface area contributed by atoms with Crippen molar-refractivity contribution in [1.82, 2.24) is 10.3 Å². The molecule has 0 saturated carbocycles. The number of aromatic amines is 1. The molecule has 0 aliphatic rings. The van der Waals surface area contributed by atoms with E-state index in [0.717, 1.165) is 44.3 Å². The Kier molecular flexibility index (Phi) is 6.91. The summed E-state index contributed by atoms with van der Waals surface area (Å²) in [6.45, 7) is 0.718. The minimum Gasteiger partial charge on any atom is -0.494 e. The van der Waals surface area contributed by atoms with Crippen molar-refractivity contribution in [2.75, 3.05) is 7.05 Å². The summed E-state index contributed by atoms with van der Waals surface area (Å²) in [5.74, 6) is -0.806. The van der Waals surface area contributed by atoms with Gasteiger partial charge in [-0.25, -0.2) is 4.99 Å². The van der Waals surface area contributed by atoms with Gasteiger partial charge in [0.1, 0.15) is 0 Å². The Hall–Kier alpha value is -3.42. The number of hydrogen-bond donors (Lipinski definition) is 4. The van der Waals surface area contributed by atoms with Crippen LogP contribution >= 0.6 is 15.9 Å². The number of aliphatic carboxylic acids is 1. The Morgan fingerprint density at radius 2 is 1.85 bits per heavy atom. The van der Waals surface area contributed by atoms with Crippen molar-refractivity contribution in [2.24, 2.45) is 4.99 Å². The number of halogens is 1. The molecule has 0 spiro atoms. The second-order valence-corrected chi connectivity index (χ2v) is 8.71. The zero-order chi connectivity index (χ0) is 23.4. The maximum Gasteiger partial charge on any atom is 0.303 e. The van der Waals surface area contributed by atoms with Gasteiger partial charge in [0.05, 0.1) is 22.5 Å². The van der Waals surface area contributed by atoms with Crippen LogP contribution in [0.4, 0.5) is 5.69 Å². The first kappa shape index (κ1) is 22.8. The van der Waals surface area contributed by atoms with Crippen molar-refractivity contribution >= 4 is 44.2 Å². The van der Waals surface area contributed by atoms with E-state index in [-0.39, 0.29) is 12.3 Å². The third-order valence-corrected chi connectivity index (χ3v) is 5.83. The number of nitrogens with one attached hydrogen (secondary N) is 2. The highest BCUT2D eigenvalue weighted by atomic mass is 79.9. The van der Waals surface area contributed by atoms with Crippen LogP contribution in [0.1, 0.15) is 28.7 Å². The number of carbonyl (C=O) groups is 1. The Labute approximate surface area is 200 Å². The van der Waals surface area contributed by atoms with Crippen LogP contribution in [-0.2, 0) is 17.8 Å². The summed E-state index contributed by atoms with van der Waals surface area (Å²) in [6.07, 6.45) is 0.468. The van der Waals surface area contributed by atoms with E-state index in [2.05, 4.69) is 26.2 Å². The largest absolute Gasteiger partial charge is 0.494 e. The molecule has 0 atom stereocenters. The SMILES string of the molecule is CNCc1cccc(N=C(c2cccc(CCC(=O)O)c2)c2c(O)[nH]c3cc(Br)ccc23)c1. The molecule has 4 aromatic rings. The van der Waals surface area contributed by atoms with Gasteiger partial charge in [-0.15, -0.1) is 0 Å². The van der Waals surface area contributed by atoms with Crippen LogP contribution in [0.2, 0.25) is 0 Å². The van der Waals surface area contributed by atoms with Gasteiger partial charge < -0.3 is 20.5 Å². The molecule has 0 aliphatic carbocycles. The van der Waals surface area contributed by atoms with Gasteiger partial charge in [0.25, 0.3) is 0 Å². The van der Waals surface area contributed by atoms with Crippen LogP contribution in [0.15, 0.2) is 76.2 Å². The maximum absolute atomic E-state index is 11.1. The van der Waals surface area contributed by atoms with E-state index in [0.29, 0.717) is 17.7 Å². The molecule has 0 amide bonds. The number of benzene rings is 3. The lowest BCUT2D eigenvalue weighted by atomic mass is 9.97. The minimum absolute atomic E-state index is 0.0316. The van der Waals surface area contributed by atoms with Crippen molar-refractivity contribution < 1.29 is 15.0 Å². The maximum atomic E-state index is 11.1. The Bertz CT molecular complexity index is 1340. The molecule has 0 bridgehead atoms. The molecule has 6 nitrogen and oxygen atoms in total. The molecule has 4 rings (SSSR count). The molecule has 168 valence electrons. The summed E-state index contributed by atoms with van der Waals surface area (Å²) in [5.41, 5.74) is 5.56. The molecule has 1 heterocycles. The summed E-state index contributed by atoms with van der Waals surface area (Å²) < 4.78 is 0.900. The summed E-state index contributed by atoms with van der Waals surface area (Å²) in [6, 6.07) is 21.4. The molecule has 7 heteroatoms. The number of aryl methyl sites for hydroxylation is 1.